The molecule has 0 saturated carbocycles. The fourth-order valence-electron chi connectivity index (χ4n) is 2.71. The molecule has 2 heterocycles. The average Bonchev–Trinajstić information content (AvgIpc) is 2.54. The number of nitrogens with zero attached hydrogens (tertiary/aromatic N) is 3. The number of amides is 1. The van der Waals surface area contributed by atoms with Crippen LogP contribution in [0.4, 0.5) is 5.82 Å². The van der Waals surface area contributed by atoms with E-state index in [1.807, 2.05) is 31.2 Å². The molecule has 21 heavy (non-hydrogen) atoms. The first kappa shape index (κ1) is 13.8. The van der Waals surface area contributed by atoms with Crippen LogP contribution >= 0.6 is 0 Å². The van der Waals surface area contributed by atoms with E-state index in [-0.39, 0.29) is 11.9 Å². The zero-order chi connectivity index (χ0) is 14.7. The second-order valence-corrected chi connectivity index (χ2v) is 5.06. The Hall–Kier alpha value is -2.21. The van der Waals surface area contributed by atoms with E-state index in [4.69, 9.17) is 0 Å². The van der Waals surface area contributed by atoms with Gasteiger partial charge in [0, 0.05) is 37.0 Å². The molecule has 6 nitrogen and oxygen atoms in total. The third-order valence-corrected chi connectivity index (χ3v) is 3.72. The molecule has 1 aromatic carbocycles. The lowest BCUT2D eigenvalue weighted by molar-refractivity contribution is -0.122. The Kier molecular flexibility index (Phi) is 3.96. The van der Waals surface area contributed by atoms with E-state index in [9.17, 15) is 4.79 Å². The van der Waals surface area contributed by atoms with Gasteiger partial charge in [-0.1, -0.05) is 24.3 Å². The zero-order valence-electron chi connectivity index (χ0n) is 12.0. The van der Waals surface area contributed by atoms with Gasteiger partial charge in [0.1, 0.15) is 6.04 Å². The van der Waals surface area contributed by atoms with Crippen molar-refractivity contribution in [2.75, 3.05) is 31.1 Å². The molecular weight excluding hydrogens is 266 g/mol. The SMILES string of the molecule is CCNC(=O)C1CNCCN1c1nncc2ccccc12. The fraction of sp³-hybridized carbons (Fsp3) is 0.400. The van der Waals surface area contributed by atoms with Crippen molar-refractivity contribution in [2.24, 2.45) is 0 Å². The molecule has 1 aliphatic heterocycles. The number of nitrogens with one attached hydrogen (secondary N) is 2. The largest absolute Gasteiger partial charge is 0.355 e. The molecule has 1 saturated heterocycles. The standard InChI is InChI=1S/C15H19N5O/c1-2-17-15(21)13-10-16-7-8-20(13)14-12-6-4-3-5-11(12)9-18-19-14/h3-6,9,13,16H,2,7-8,10H2,1H3,(H,17,21). The third-order valence-electron chi connectivity index (χ3n) is 3.72. The monoisotopic (exact) mass is 285 g/mol. The van der Waals surface area contributed by atoms with Crippen LogP contribution < -0.4 is 15.5 Å². The lowest BCUT2D eigenvalue weighted by Gasteiger charge is -2.36. The van der Waals surface area contributed by atoms with Gasteiger partial charge in [-0.25, -0.2) is 0 Å². The molecule has 0 aliphatic carbocycles. The molecule has 1 fully saturated rings. The number of hydrogen-bond acceptors (Lipinski definition) is 5. The van der Waals surface area contributed by atoms with Gasteiger partial charge in [-0.2, -0.15) is 5.10 Å². The van der Waals surface area contributed by atoms with Gasteiger partial charge in [0.05, 0.1) is 6.20 Å². The third kappa shape index (κ3) is 2.67. The highest BCUT2D eigenvalue weighted by Gasteiger charge is 2.30. The Labute approximate surface area is 123 Å². The normalized spacial score (nSPS) is 18.7. The quantitative estimate of drug-likeness (QED) is 0.861. The van der Waals surface area contributed by atoms with Gasteiger partial charge in [0.2, 0.25) is 5.91 Å². The summed E-state index contributed by atoms with van der Waals surface area (Å²) in [6, 6.07) is 7.75. The van der Waals surface area contributed by atoms with Crippen molar-refractivity contribution in [3.8, 4) is 0 Å². The maximum atomic E-state index is 12.3. The molecule has 2 aromatic rings. The predicted octanol–water partition coefficient (Wildman–Crippen LogP) is 0.544. The van der Waals surface area contributed by atoms with Gasteiger partial charge in [-0.05, 0) is 6.92 Å². The summed E-state index contributed by atoms with van der Waals surface area (Å²) in [7, 11) is 0. The van der Waals surface area contributed by atoms with Crippen LogP contribution in [0, 0.1) is 0 Å². The van der Waals surface area contributed by atoms with Crippen LogP contribution in [0.15, 0.2) is 30.5 Å². The van der Waals surface area contributed by atoms with E-state index in [0.29, 0.717) is 13.1 Å². The van der Waals surface area contributed by atoms with Crippen molar-refractivity contribution >= 4 is 22.5 Å². The summed E-state index contributed by atoms with van der Waals surface area (Å²) in [6.07, 6.45) is 1.75. The second-order valence-electron chi connectivity index (χ2n) is 5.06. The Morgan fingerprint density at radius 2 is 2.33 bits per heavy atom. The molecule has 0 spiro atoms. The molecule has 1 aromatic heterocycles. The maximum absolute atomic E-state index is 12.3. The Balaban J connectivity index is 2.00. The number of hydrogen-bond donors (Lipinski definition) is 2. The maximum Gasteiger partial charge on any atom is 0.244 e. The number of benzene rings is 1. The van der Waals surface area contributed by atoms with Crippen LogP contribution in [0.25, 0.3) is 10.8 Å². The molecular formula is C15H19N5O. The van der Waals surface area contributed by atoms with E-state index in [0.717, 1.165) is 29.7 Å². The van der Waals surface area contributed by atoms with Crippen molar-refractivity contribution < 1.29 is 4.79 Å². The number of likely N-dealkylation sites (N-methyl/N-ethyl adjacent to an activating group) is 1. The summed E-state index contributed by atoms with van der Waals surface area (Å²) in [4.78, 5) is 14.3. The topological polar surface area (TPSA) is 70.2 Å². The van der Waals surface area contributed by atoms with E-state index in [1.165, 1.54) is 0 Å². The summed E-state index contributed by atoms with van der Waals surface area (Å²) in [6.45, 7) is 4.75. The first-order valence-corrected chi connectivity index (χ1v) is 7.26. The molecule has 3 rings (SSSR count). The summed E-state index contributed by atoms with van der Waals surface area (Å²) < 4.78 is 0. The first-order chi connectivity index (χ1) is 10.3. The molecule has 6 heteroatoms. The molecule has 2 N–H and O–H groups in total. The van der Waals surface area contributed by atoms with Crippen LogP contribution in [0.3, 0.4) is 0 Å². The minimum Gasteiger partial charge on any atom is -0.355 e. The number of carbonyl (C=O) groups is 1. The van der Waals surface area contributed by atoms with Crippen LogP contribution in [-0.4, -0.2) is 48.3 Å². The number of anilines is 1. The van der Waals surface area contributed by atoms with Gasteiger partial charge in [0.15, 0.2) is 5.82 Å². The summed E-state index contributed by atoms with van der Waals surface area (Å²) in [5, 5.41) is 16.6. The molecule has 110 valence electrons. The van der Waals surface area contributed by atoms with Crippen LogP contribution in [0.2, 0.25) is 0 Å². The molecule has 0 radical (unpaired) electrons. The van der Waals surface area contributed by atoms with Gasteiger partial charge in [-0.3, -0.25) is 4.79 Å². The van der Waals surface area contributed by atoms with E-state index >= 15 is 0 Å². The van der Waals surface area contributed by atoms with Crippen molar-refractivity contribution in [3.05, 3.63) is 30.5 Å². The van der Waals surface area contributed by atoms with Crippen LogP contribution in [0.1, 0.15) is 6.92 Å². The minimum absolute atomic E-state index is 0.0273. The summed E-state index contributed by atoms with van der Waals surface area (Å²) >= 11 is 0. The van der Waals surface area contributed by atoms with Crippen molar-refractivity contribution in [1.82, 2.24) is 20.8 Å². The van der Waals surface area contributed by atoms with Gasteiger partial charge >= 0.3 is 0 Å². The number of fused-ring (bicyclic) bond motifs is 1. The Bertz CT molecular complexity index is 640. The highest BCUT2D eigenvalue weighted by atomic mass is 16.2. The van der Waals surface area contributed by atoms with E-state index in [2.05, 4.69) is 25.7 Å². The lowest BCUT2D eigenvalue weighted by atomic mass is 10.1. The Morgan fingerprint density at radius 3 is 3.19 bits per heavy atom. The molecule has 1 atom stereocenters. The van der Waals surface area contributed by atoms with Crippen LogP contribution in [-0.2, 0) is 4.79 Å². The van der Waals surface area contributed by atoms with Crippen LogP contribution in [0.5, 0.6) is 0 Å². The number of rotatable bonds is 3. The minimum atomic E-state index is -0.251. The smallest absolute Gasteiger partial charge is 0.244 e. The molecule has 0 bridgehead atoms. The second kappa shape index (κ2) is 6.05. The predicted molar refractivity (Wildman–Crippen MR) is 82.2 cm³/mol. The van der Waals surface area contributed by atoms with Crippen molar-refractivity contribution in [1.29, 1.82) is 0 Å². The van der Waals surface area contributed by atoms with E-state index < -0.39 is 0 Å². The van der Waals surface area contributed by atoms with Crippen molar-refractivity contribution in [3.63, 3.8) is 0 Å². The van der Waals surface area contributed by atoms with Gasteiger partial charge in [0.25, 0.3) is 0 Å². The average molecular weight is 285 g/mol. The number of aromatic nitrogens is 2. The van der Waals surface area contributed by atoms with E-state index in [1.54, 1.807) is 6.20 Å². The first-order valence-electron chi connectivity index (χ1n) is 7.26. The highest BCUT2D eigenvalue weighted by Crippen LogP contribution is 2.25. The van der Waals surface area contributed by atoms with Crippen molar-refractivity contribution in [2.45, 2.75) is 13.0 Å². The van der Waals surface area contributed by atoms with Gasteiger partial charge < -0.3 is 15.5 Å². The Morgan fingerprint density at radius 1 is 1.48 bits per heavy atom. The molecule has 1 unspecified atom stereocenters. The lowest BCUT2D eigenvalue weighted by Crippen LogP contribution is -2.58. The summed E-state index contributed by atoms with van der Waals surface area (Å²) in [5.41, 5.74) is 0. The van der Waals surface area contributed by atoms with Gasteiger partial charge in [-0.15, -0.1) is 5.10 Å². The molecule has 1 amide bonds. The zero-order valence-corrected chi connectivity index (χ0v) is 12.0. The highest BCUT2D eigenvalue weighted by molar-refractivity contribution is 5.94. The number of carbonyl (C=O) groups excluding carboxylic acids is 1. The molecule has 1 aliphatic rings. The summed E-state index contributed by atoms with van der Waals surface area (Å²) in [5.74, 6) is 0.810. The number of piperazine rings is 1. The fourth-order valence-corrected chi connectivity index (χ4v) is 2.71.